The lowest BCUT2D eigenvalue weighted by molar-refractivity contribution is 0.0593. The van der Waals surface area contributed by atoms with E-state index in [9.17, 15) is 18.3 Å². The molecule has 33 heavy (non-hydrogen) atoms. The van der Waals surface area contributed by atoms with Gasteiger partial charge < -0.3 is 20.1 Å². The molecule has 1 unspecified atom stereocenters. The summed E-state index contributed by atoms with van der Waals surface area (Å²) in [5.41, 5.74) is 0.860. The number of amides is 1. The summed E-state index contributed by atoms with van der Waals surface area (Å²) in [6.45, 7) is 3.72. The van der Waals surface area contributed by atoms with Crippen LogP contribution in [0.25, 0.3) is 0 Å². The normalized spacial score (nSPS) is 16.4. The first-order valence-electron chi connectivity index (χ1n) is 10.6. The Morgan fingerprint density at radius 3 is 2.55 bits per heavy atom. The highest BCUT2D eigenvalue weighted by Crippen LogP contribution is 2.34. The molecule has 7 nitrogen and oxygen atoms in total. The molecule has 0 aliphatic carbocycles. The van der Waals surface area contributed by atoms with E-state index in [-0.39, 0.29) is 23.1 Å². The fourth-order valence-electron chi connectivity index (χ4n) is 3.76. The summed E-state index contributed by atoms with van der Waals surface area (Å²) >= 11 is 12.4. The summed E-state index contributed by atoms with van der Waals surface area (Å²) in [5.74, 6) is 0.0893. The van der Waals surface area contributed by atoms with Crippen LogP contribution in [0.3, 0.4) is 0 Å². The van der Waals surface area contributed by atoms with Gasteiger partial charge in [-0.1, -0.05) is 35.3 Å². The molecule has 0 saturated carbocycles. The van der Waals surface area contributed by atoms with Crippen molar-refractivity contribution in [2.75, 3.05) is 32.4 Å². The number of benzene rings is 2. The van der Waals surface area contributed by atoms with Gasteiger partial charge in [0.1, 0.15) is 11.9 Å². The van der Waals surface area contributed by atoms with Gasteiger partial charge in [0.05, 0.1) is 21.6 Å². The van der Waals surface area contributed by atoms with Crippen molar-refractivity contribution in [2.24, 2.45) is 0 Å². The lowest BCUT2D eigenvalue weighted by Gasteiger charge is -2.33. The molecule has 1 aliphatic rings. The molecule has 3 rings (SSSR count). The van der Waals surface area contributed by atoms with Crippen LogP contribution in [0, 0.1) is 6.92 Å². The molecule has 0 aromatic heterocycles. The monoisotopic (exact) mass is 514 g/mol. The minimum atomic E-state index is -3.53. The molecule has 0 bridgehead atoms. The third-order valence-electron chi connectivity index (χ3n) is 5.61. The number of β-amino-alcohol motifs (C(OH)–C–C–N with tert-alkyl or cyclic N) is 1. The molecule has 2 aromatic rings. The van der Waals surface area contributed by atoms with Gasteiger partial charge in [0, 0.05) is 37.5 Å². The molecule has 1 fully saturated rings. The average Bonchev–Trinajstić information content (AvgIpc) is 2.78. The van der Waals surface area contributed by atoms with Crippen LogP contribution < -0.4 is 10.1 Å². The minimum Gasteiger partial charge on any atom is -0.489 e. The van der Waals surface area contributed by atoms with Crippen molar-refractivity contribution in [3.63, 3.8) is 0 Å². The lowest BCUT2D eigenvalue weighted by atomic mass is 10.1. The molecule has 1 heterocycles. The average molecular weight is 515 g/mol. The molecular formula is C23H28Cl2N2O5S. The summed E-state index contributed by atoms with van der Waals surface area (Å²) in [6.07, 6.45) is 1.84. The number of nitrogens with zero attached hydrogens (tertiary/aromatic N) is 1. The van der Waals surface area contributed by atoms with E-state index in [1.807, 2.05) is 6.92 Å². The van der Waals surface area contributed by atoms with Gasteiger partial charge >= 0.3 is 0 Å². The second-order valence-electron chi connectivity index (χ2n) is 8.23. The van der Waals surface area contributed by atoms with Gasteiger partial charge in [-0.15, -0.1) is 0 Å². The van der Waals surface area contributed by atoms with Crippen molar-refractivity contribution in [3.8, 4) is 5.75 Å². The van der Waals surface area contributed by atoms with E-state index in [1.165, 1.54) is 12.1 Å². The molecule has 2 N–H and O–H groups in total. The smallest absolute Gasteiger partial charge is 0.252 e. The number of likely N-dealkylation sites (tertiary alicyclic amines) is 1. The van der Waals surface area contributed by atoms with Gasteiger partial charge in [-0.3, -0.25) is 4.79 Å². The zero-order valence-corrected chi connectivity index (χ0v) is 20.9. The molecular weight excluding hydrogens is 487 g/mol. The number of sulfone groups is 1. The molecule has 1 atom stereocenters. The number of halogens is 2. The van der Waals surface area contributed by atoms with E-state index < -0.39 is 21.8 Å². The van der Waals surface area contributed by atoms with Gasteiger partial charge in [0.25, 0.3) is 5.91 Å². The maximum absolute atomic E-state index is 12.5. The Hall–Kier alpha value is -1.84. The van der Waals surface area contributed by atoms with Crippen LogP contribution in [0.2, 0.25) is 10.0 Å². The molecule has 2 aromatic carbocycles. The number of rotatable bonds is 8. The third kappa shape index (κ3) is 6.83. The van der Waals surface area contributed by atoms with Crippen molar-refractivity contribution in [1.29, 1.82) is 0 Å². The predicted molar refractivity (Wildman–Crippen MR) is 129 cm³/mol. The Morgan fingerprint density at radius 2 is 1.88 bits per heavy atom. The summed E-state index contributed by atoms with van der Waals surface area (Å²) in [4.78, 5) is 14.5. The maximum Gasteiger partial charge on any atom is 0.252 e. The van der Waals surface area contributed by atoms with Crippen LogP contribution in [-0.2, 0) is 9.84 Å². The summed E-state index contributed by atoms with van der Waals surface area (Å²) < 4.78 is 29.8. The van der Waals surface area contributed by atoms with Crippen LogP contribution in [0.5, 0.6) is 5.75 Å². The number of piperidine rings is 1. The first-order chi connectivity index (χ1) is 15.6. The van der Waals surface area contributed by atoms with Gasteiger partial charge in [0.15, 0.2) is 9.84 Å². The Labute approximate surface area is 204 Å². The van der Waals surface area contributed by atoms with Crippen LogP contribution >= 0.6 is 23.2 Å². The van der Waals surface area contributed by atoms with Crippen LogP contribution in [0.4, 0.5) is 0 Å². The molecule has 10 heteroatoms. The van der Waals surface area contributed by atoms with Crippen molar-refractivity contribution in [2.45, 2.75) is 36.9 Å². The second kappa shape index (κ2) is 11.1. The topological polar surface area (TPSA) is 95.9 Å². The number of aliphatic hydroxyl groups excluding tert-OH is 1. The minimum absolute atomic E-state index is 0.0173. The van der Waals surface area contributed by atoms with Crippen molar-refractivity contribution < 1.29 is 23.1 Å². The number of aliphatic hydroxyl groups is 1. The Bertz CT molecular complexity index is 1100. The fraction of sp³-hybridized carbons (Fsp3) is 0.435. The highest BCUT2D eigenvalue weighted by Gasteiger charge is 2.24. The van der Waals surface area contributed by atoms with E-state index in [2.05, 4.69) is 10.2 Å². The van der Waals surface area contributed by atoms with Gasteiger partial charge in [0.2, 0.25) is 0 Å². The van der Waals surface area contributed by atoms with Gasteiger partial charge in [-0.25, -0.2) is 8.42 Å². The first kappa shape index (κ1) is 25.8. The van der Waals surface area contributed by atoms with E-state index in [1.54, 1.807) is 24.3 Å². The van der Waals surface area contributed by atoms with Crippen LogP contribution in [0.1, 0.15) is 28.8 Å². The van der Waals surface area contributed by atoms with Crippen LogP contribution in [-0.4, -0.2) is 69.0 Å². The van der Waals surface area contributed by atoms with Crippen LogP contribution in [0.15, 0.2) is 41.3 Å². The number of carbonyl (C=O) groups excluding carboxylic acids is 1. The molecule has 180 valence electrons. The molecule has 1 amide bonds. The zero-order chi connectivity index (χ0) is 24.2. The second-order valence-corrected chi connectivity index (χ2v) is 11.0. The van der Waals surface area contributed by atoms with Crippen molar-refractivity contribution >= 4 is 38.9 Å². The third-order valence-corrected chi connectivity index (χ3v) is 7.65. The summed E-state index contributed by atoms with van der Waals surface area (Å²) in [5, 5.41) is 14.1. The first-order valence-corrected chi connectivity index (χ1v) is 13.3. The number of hydrogen-bond donors (Lipinski definition) is 2. The fourth-order valence-corrected chi connectivity index (χ4v) is 5.06. The van der Waals surface area contributed by atoms with Gasteiger partial charge in [-0.05, 0) is 49.6 Å². The Morgan fingerprint density at radius 1 is 1.21 bits per heavy atom. The van der Waals surface area contributed by atoms with E-state index >= 15 is 0 Å². The van der Waals surface area contributed by atoms with E-state index in [0.717, 1.165) is 37.8 Å². The zero-order valence-electron chi connectivity index (χ0n) is 18.6. The lowest BCUT2D eigenvalue weighted by Crippen LogP contribution is -2.45. The quantitative estimate of drug-likeness (QED) is 0.560. The molecule has 0 spiro atoms. The largest absolute Gasteiger partial charge is 0.489 e. The Kier molecular flexibility index (Phi) is 8.64. The van der Waals surface area contributed by atoms with E-state index in [4.69, 9.17) is 27.9 Å². The number of hydrogen-bond acceptors (Lipinski definition) is 6. The molecule has 1 aliphatic heterocycles. The van der Waals surface area contributed by atoms with Crippen molar-refractivity contribution in [1.82, 2.24) is 10.2 Å². The standard InChI is InChI=1S/C23H28Cl2N2O5S/c1-15-19(24)7-8-20(22(15)25)32-17-9-11-27(12-10-17)14-16(28)13-26-23(29)18-5-3-4-6-21(18)33(2,30)31/h3-8,16-17,28H,9-14H2,1-2H3,(H,26,29). The molecule has 1 saturated heterocycles. The number of nitrogens with one attached hydrogen (secondary N) is 1. The number of ether oxygens (including phenoxy) is 1. The summed E-state index contributed by atoms with van der Waals surface area (Å²) in [6, 6.07) is 9.56. The Balaban J connectivity index is 1.46. The molecule has 0 radical (unpaired) electrons. The van der Waals surface area contributed by atoms with E-state index in [0.29, 0.717) is 22.3 Å². The predicted octanol–water partition coefficient (Wildman–Crippen LogP) is 3.34. The van der Waals surface area contributed by atoms with Gasteiger partial charge in [-0.2, -0.15) is 0 Å². The SMILES string of the molecule is Cc1c(Cl)ccc(OC2CCN(CC(O)CNC(=O)c3ccccc3S(C)(=O)=O)CC2)c1Cl. The highest BCUT2D eigenvalue weighted by atomic mass is 35.5. The summed E-state index contributed by atoms with van der Waals surface area (Å²) in [7, 11) is -3.53. The maximum atomic E-state index is 12.5. The highest BCUT2D eigenvalue weighted by molar-refractivity contribution is 7.90. The number of carbonyl (C=O) groups is 1. The van der Waals surface area contributed by atoms with Crippen molar-refractivity contribution in [3.05, 3.63) is 57.6 Å².